The number of nitrogens with one attached hydrogen (secondary N) is 1. The molecule has 2 aromatic rings. The smallest absolute Gasteiger partial charge is 0.270 e. The van der Waals surface area contributed by atoms with E-state index in [9.17, 15) is 15.4 Å². The van der Waals surface area contributed by atoms with Gasteiger partial charge in [0.05, 0.1) is 22.1 Å². The number of non-ortho nitro benzene ring substituents is 1. The van der Waals surface area contributed by atoms with Crippen molar-refractivity contribution >= 4 is 22.4 Å². The Morgan fingerprint density at radius 3 is 2.69 bits per heavy atom. The minimum Gasteiger partial charge on any atom is -0.381 e. The number of ether oxygens (including phenoxy) is 1. The lowest BCUT2D eigenvalue weighted by Crippen LogP contribution is -2.57. The summed E-state index contributed by atoms with van der Waals surface area (Å²) in [6, 6.07) is 8.29. The van der Waals surface area contributed by atoms with Crippen molar-refractivity contribution in [2.45, 2.75) is 37.6 Å². The number of nitrogens with zero attached hydrogens (tertiary/aromatic N) is 4. The van der Waals surface area contributed by atoms with Crippen LogP contribution in [0.1, 0.15) is 37.7 Å². The maximum Gasteiger partial charge on any atom is 0.270 e. The predicted octanol–water partition coefficient (Wildman–Crippen LogP) is 3.46. The standard InChI is InChI=1S/C21H25N5O3/c22-14-16-12-20(24-19-5-4-17(26(27)28)13-18(16)19)23-15-21(6-10-29-11-7-21)25-8-2-1-3-9-25/h4-5,12-13H,1-3,6-11,15H2,(H,23,24). The number of nitro benzene ring substituents is 1. The molecule has 1 aromatic heterocycles. The molecule has 8 heteroatoms. The first-order valence-electron chi connectivity index (χ1n) is 10.2. The zero-order valence-corrected chi connectivity index (χ0v) is 16.4. The highest BCUT2D eigenvalue weighted by atomic mass is 16.6. The van der Waals surface area contributed by atoms with Gasteiger partial charge in [0.15, 0.2) is 0 Å². The van der Waals surface area contributed by atoms with Crippen LogP contribution in [-0.4, -0.2) is 53.2 Å². The fraction of sp³-hybridized carbons (Fsp3) is 0.524. The first kappa shape index (κ1) is 19.6. The second kappa shape index (κ2) is 8.31. The Labute approximate surface area is 169 Å². The molecule has 0 radical (unpaired) electrons. The first-order valence-corrected chi connectivity index (χ1v) is 10.2. The van der Waals surface area contributed by atoms with Crippen LogP contribution in [0.25, 0.3) is 10.9 Å². The largest absolute Gasteiger partial charge is 0.381 e. The topological polar surface area (TPSA) is 104 Å². The third-order valence-corrected chi connectivity index (χ3v) is 6.17. The van der Waals surface area contributed by atoms with Crippen molar-refractivity contribution in [2.75, 3.05) is 38.2 Å². The normalized spacial score (nSPS) is 19.6. The van der Waals surface area contributed by atoms with E-state index >= 15 is 0 Å². The lowest BCUT2D eigenvalue weighted by molar-refractivity contribution is -0.384. The van der Waals surface area contributed by atoms with Crippen molar-refractivity contribution in [3.8, 4) is 6.07 Å². The molecule has 3 heterocycles. The Morgan fingerprint density at radius 2 is 2.00 bits per heavy atom. The summed E-state index contributed by atoms with van der Waals surface area (Å²) in [6.07, 6.45) is 5.71. The van der Waals surface area contributed by atoms with Gasteiger partial charge < -0.3 is 10.1 Å². The summed E-state index contributed by atoms with van der Waals surface area (Å²) in [5.74, 6) is 0.630. The highest BCUT2D eigenvalue weighted by molar-refractivity contribution is 5.88. The summed E-state index contributed by atoms with van der Waals surface area (Å²) in [5.41, 5.74) is 0.969. The number of hydrogen-bond donors (Lipinski definition) is 1. The number of fused-ring (bicyclic) bond motifs is 1. The molecule has 0 atom stereocenters. The predicted molar refractivity (Wildman–Crippen MR) is 110 cm³/mol. The summed E-state index contributed by atoms with van der Waals surface area (Å²) in [4.78, 5) is 17.8. The molecular weight excluding hydrogens is 370 g/mol. The molecule has 8 nitrogen and oxygen atoms in total. The number of piperidine rings is 1. The molecule has 152 valence electrons. The zero-order valence-electron chi connectivity index (χ0n) is 16.4. The van der Waals surface area contributed by atoms with E-state index in [1.165, 1.54) is 31.4 Å². The molecule has 0 aliphatic carbocycles. The molecule has 29 heavy (non-hydrogen) atoms. The first-order chi connectivity index (χ1) is 14.1. The quantitative estimate of drug-likeness (QED) is 0.610. The van der Waals surface area contributed by atoms with Gasteiger partial charge in [0.25, 0.3) is 5.69 Å². The maximum absolute atomic E-state index is 11.0. The third kappa shape index (κ3) is 4.02. The van der Waals surface area contributed by atoms with Gasteiger partial charge in [-0.05, 0) is 50.9 Å². The minimum atomic E-state index is -0.458. The maximum atomic E-state index is 11.0. The summed E-state index contributed by atoms with van der Waals surface area (Å²) >= 11 is 0. The third-order valence-electron chi connectivity index (χ3n) is 6.17. The van der Waals surface area contributed by atoms with Crippen LogP contribution in [0.4, 0.5) is 11.5 Å². The van der Waals surface area contributed by atoms with Crippen LogP contribution in [0, 0.1) is 21.4 Å². The highest BCUT2D eigenvalue weighted by Crippen LogP contribution is 2.32. The summed E-state index contributed by atoms with van der Waals surface area (Å²) in [5, 5.41) is 24.6. The van der Waals surface area contributed by atoms with Gasteiger partial charge in [0.1, 0.15) is 5.82 Å². The molecule has 2 aliphatic rings. The van der Waals surface area contributed by atoms with Gasteiger partial charge >= 0.3 is 0 Å². The number of anilines is 1. The van der Waals surface area contributed by atoms with Crippen LogP contribution in [0.5, 0.6) is 0 Å². The number of nitriles is 1. The summed E-state index contributed by atoms with van der Waals surface area (Å²) in [6.45, 7) is 4.49. The number of pyridine rings is 1. The molecule has 0 bridgehead atoms. The molecule has 1 N–H and O–H groups in total. The molecule has 2 fully saturated rings. The monoisotopic (exact) mass is 395 g/mol. The van der Waals surface area contributed by atoms with Gasteiger partial charge in [-0.3, -0.25) is 15.0 Å². The van der Waals surface area contributed by atoms with Crippen molar-refractivity contribution in [1.29, 1.82) is 5.26 Å². The van der Waals surface area contributed by atoms with Crippen molar-refractivity contribution in [2.24, 2.45) is 0 Å². The Morgan fingerprint density at radius 1 is 1.24 bits per heavy atom. The molecule has 0 unspecified atom stereocenters. The molecule has 0 amide bonds. The zero-order chi connectivity index (χ0) is 20.3. The number of hydrogen-bond acceptors (Lipinski definition) is 7. The number of nitro groups is 1. The van der Waals surface area contributed by atoms with E-state index in [4.69, 9.17) is 4.74 Å². The van der Waals surface area contributed by atoms with Crippen LogP contribution >= 0.6 is 0 Å². The van der Waals surface area contributed by atoms with Gasteiger partial charge in [-0.15, -0.1) is 0 Å². The highest BCUT2D eigenvalue weighted by Gasteiger charge is 2.38. The molecule has 2 aliphatic heterocycles. The van der Waals surface area contributed by atoms with E-state index in [2.05, 4.69) is 21.3 Å². The van der Waals surface area contributed by atoms with Gasteiger partial charge in [0.2, 0.25) is 0 Å². The fourth-order valence-electron chi connectivity index (χ4n) is 4.49. The Bertz CT molecular complexity index is 943. The van der Waals surface area contributed by atoms with Crippen LogP contribution in [0.15, 0.2) is 24.3 Å². The van der Waals surface area contributed by atoms with Crippen molar-refractivity contribution in [1.82, 2.24) is 9.88 Å². The molecule has 4 rings (SSSR count). The van der Waals surface area contributed by atoms with Gasteiger partial charge in [-0.1, -0.05) is 6.42 Å². The lowest BCUT2D eigenvalue weighted by atomic mass is 9.86. The number of aromatic nitrogens is 1. The number of benzene rings is 1. The number of rotatable bonds is 5. The second-order valence-corrected chi connectivity index (χ2v) is 7.86. The van der Waals surface area contributed by atoms with Crippen LogP contribution < -0.4 is 5.32 Å². The van der Waals surface area contributed by atoms with E-state index < -0.39 is 4.92 Å². The SMILES string of the molecule is N#Cc1cc(NCC2(N3CCCCC3)CCOCC2)nc2ccc([N+](=O)[O-])cc12. The molecular formula is C21H25N5O3. The van der Waals surface area contributed by atoms with E-state index in [1.54, 1.807) is 12.1 Å². The Hall–Kier alpha value is -2.76. The van der Waals surface area contributed by atoms with E-state index in [0.29, 0.717) is 22.3 Å². The minimum absolute atomic E-state index is 0.0391. The molecule has 1 aromatic carbocycles. The number of likely N-dealkylation sites (tertiary alicyclic amines) is 1. The van der Waals surface area contributed by atoms with Crippen LogP contribution in [-0.2, 0) is 4.74 Å². The lowest BCUT2D eigenvalue weighted by Gasteiger charge is -2.48. The van der Waals surface area contributed by atoms with Gasteiger partial charge in [0, 0.05) is 42.8 Å². The Balaban J connectivity index is 1.60. The Kier molecular flexibility index (Phi) is 5.60. The summed E-state index contributed by atoms with van der Waals surface area (Å²) < 4.78 is 5.62. The average Bonchev–Trinajstić information content (AvgIpc) is 2.78. The van der Waals surface area contributed by atoms with Crippen molar-refractivity contribution in [3.63, 3.8) is 0 Å². The summed E-state index contributed by atoms with van der Waals surface area (Å²) in [7, 11) is 0. The van der Waals surface area contributed by atoms with Gasteiger partial charge in [-0.2, -0.15) is 5.26 Å². The molecule has 0 saturated carbocycles. The van der Waals surface area contributed by atoms with E-state index in [0.717, 1.165) is 45.7 Å². The molecule has 0 spiro atoms. The van der Waals surface area contributed by atoms with Crippen LogP contribution in [0.2, 0.25) is 0 Å². The molecule has 2 saturated heterocycles. The van der Waals surface area contributed by atoms with E-state index in [1.807, 2.05) is 0 Å². The average molecular weight is 395 g/mol. The van der Waals surface area contributed by atoms with Crippen molar-refractivity contribution in [3.05, 3.63) is 39.9 Å². The van der Waals surface area contributed by atoms with Crippen LogP contribution in [0.3, 0.4) is 0 Å². The van der Waals surface area contributed by atoms with Gasteiger partial charge in [-0.25, -0.2) is 4.98 Å². The van der Waals surface area contributed by atoms with Crippen molar-refractivity contribution < 1.29 is 9.66 Å². The fourth-order valence-corrected chi connectivity index (χ4v) is 4.49. The second-order valence-electron chi connectivity index (χ2n) is 7.86. The van der Waals surface area contributed by atoms with E-state index in [-0.39, 0.29) is 11.2 Å².